The molecule has 0 radical (unpaired) electrons. The lowest BCUT2D eigenvalue weighted by Crippen LogP contribution is -2.71. The van der Waals surface area contributed by atoms with Gasteiger partial charge < -0.3 is 21.3 Å². The molecule has 4 N–H and O–H groups in total. The van der Waals surface area contributed by atoms with Crippen molar-refractivity contribution < 1.29 is 0 Å². The van der Waals surface area contributed by atoms with Crippen LogP contribution in [0.5, 0.6) is 0 Å². The molecule has 190 valence electrons. The van der Waals surface area contributed by atoms with E-state index in [-0.39, 0.29) is 30.8 Å². The molecule has 0 saturated carbocycles. The normalized spacial score (nSPS) is 22.9. The predicted molar refractivity (Wildman–Crippen MR) is 152 cm³/mol. The Bertz CT molecular complexity index is 708. The molecule has 2 fully saturated rings. The van der Waals surface area contributed by atoms with Crippen LogP contribution in [-0.2, 0) is 0 Å². The van der Waals surface area contributed by atoms with E-state index < -0.39 is 0 Å². The van der Waals surface area contributed by atoms with Crippen molar-refractivity contribution in [2.24, 2.45) is 5.41 Å². The molecule has 3 rings (SSSR count). The summed E-state index contributed by atoms with van der Waals surface area (Å²) in [6, 6.07) is 0. The average molecular weight is 495 g/mol. The van der Waals surface area contributed by atoms with Gasteiger partial charge in [0.1, 0.15) is 0 Å². The second kappa shape index (κ2) is 10.3. The average Bonchev–Trinajstić information content (AvgIpc) is 3.16. The maximum atomic E-state index is 3.86. The fraction of sp³-hybridized carbons (Fsp3) is 0.852. The van der Waals surface area contributed by atoms with E-state index in [0.29, 0.717) is 10.3 Å². The molecule has 0 amide bonds. The van der Waals surface area contributed by atoms with Gasteiger partial charge in [0.2, 0.25) is 0 Å². The molecular formula is C27H52N4P2. The van der Waals surface area contributed by atoms with Gasteiger partial charge in [0.15, 0.2) is 0 Å². The minimum Gasteiger partial charge on any atom is -0.301 e. The lowest BCUT2D eigenvalue weighted by Gasteiger charge is -2.50. The Hall–Kier alpha value is 0.180. The molecule has 0 bridgehead atoms. The van der Waals surface area contributed by atoms with Crippen molar-refractivity contribution in [3.05, 3.63) is 22.8 Å². The van der Waals surface area contributed by atoms with Gasteiger partial charge in [0.05, 0.1) is 17.5 Å². The number of hydrogen-bond donors (Lipinski definition) is 4. The van der Waals surface area contributed by atoms with Crippen LogP contribution < -0.4 is 21.3 Å². The summed E-state index contributed by atoms with van der Waals surface area (Å²) in [4.78, 5) is 0. The van der Waals surface area contributed by atoms with Gasteiger partial charge in [-0.1, -0.05) is 81.9 Å². The molecule has 0 aromatic carbocycles. The van der Waals surface area contributed by atoms with E-state index in [2.05, 4.69) is 98.9 Å². The molecule has 0 spiro atoms. The maximum absolute atomic E-state index is 3.86. The third-order valence-electron chi connectivity index (χ3n) is 7.59. The maximum Gasteiger partial charge on any atom is 0.0732 e. The van der Waals surface area contributed by atoms with Crippen molar-refractivity contribution in [1.29, 1.82) is 0 Å². The molecule has 6 heteroatoms. The summed E-state index contributed by atoms with van der Waals surface area (Å²) in [5.74, 6) is 0. The second-order valence-corrected chi connectivity index (χ2v) is 18.2. The minimum absolute atomic E-state index is 0.115. The Morgan fingerprint density at radius 2 is 1.21 bits per heavy atom. The lowest BCUT2D eigenvalue weighted by molar-refractivity contribution is 0.226. The Morgan fingerprint density at radius 1 is 0.788 bits per heavy atom. The molecule has 1 unspecified atom stereocenters. The van der Waals surface area contributed by atoms with Crippen molar-refractivity contribution >= 4 is 17.2 Å². The van der Waals surface area contributed by atoms with Crippen molar-refractivity contribution in [3.63, 3.8) is 0 Å². The van der Waals surface area contributed by atoms with Crippen LogP contribution in [0.25, 0.3) is 0 Å². The number of nitrogens with one attached hydrogen (secondary N) is 4. The summed E-state index contributed by atoms with van der Waals surface area (Å²) < 4.78 is 0. The molecule has 33 heavy (non-hydrogen) atoms. The van der Waals surface area contributed by atoms with Gasteiger partial charge in [0, 0.05) is 0 Å². The highest BCUT2D eigenvalue weighted by atomic mass is 31.1. The first kappa shape index (κ1) is 27.8. The van der Waals surface area contributed by atoms with Gasteiger partial charge in [-0.05, 0) is 78.5 Å². The summed E-state index contributed by atoms with van der Waals surface area (Å²) >= 11 is 0. The van der Waals surface area contributed by atoms with E-state index in [9.17, 15) is 0 Å². The van der Waals surface area contributed by atoms with Crippen LogP contribution in [0.2, 0.25) is 0 Å². The zero-order chi connectivity index (χ0) is 24.7. The first-order valence-electron chi connectivity index (χ1n) is 13.1. The lowest BCUT2D eigenvalue weighted by atomic mass is 9.81. The van der Waals surface area contributed by atoms with Gasteiger partial charge >= 0.3 is 0 Å². The number of hydrogen-bond acceptors (Lipinski definition) is 4. The minimum atomic E-state index is -0.211. The zero-order valence-electron chi connectivity index (χ0n) is 22.9. The quantitative estimate of drug-likeness (QED) is 0.398. The van der Waals surface area contributed by atoms with Gasteiger partial charge in [-0.3, -0.25) is 0 Å². The van der Waals surface area contributed by atoms with E-state index in [1.165, 1.54) is 19.0 Å². The standard InChI is InChI=1S/C27H52N4P2/c1-24(2,3)20-16-19(18-33(25(4,5)6)26(7,8)9)21(17-20)27(32,22-28-12-10-13-29-22)23-30-14-11-15-31-23/h16,22-23,28-31H,10-15,17-18,32H2,1-9H3. The molecular weight excluding hydrogens is 442 g/mol. The monoisotopic (exact) mass is 494 g/mol. The van der Waals surface area contributed by atoms with Crippen LogP contribution in [0.15, 0.2) is 22.8 Å². The fourth-order valence-electron chi connectivity index (χ4n) is 5.85. The third kappa shape index (κ3) is 6.31. The molecule has 2 saturated heterocycles. The molecule has 0 aromatic rings. The highest BCUT2D eigenvalue weighted by Crippen LogP contribution is 2.61. The zero-order valence-corrected chi connectivity index (χ0v) is 25.0. The summed E-state index contributed by atoms with van der Waals surface area (Å²) in [6.45, 7) is 26.2. The number of rotatable bonds is 5. The van der Waals surface area contributed by atoms with Crippen molar-refractivity contribution in [3.8, 4) is 0 Å². The molecule has 4 nitrogen and oxygen atoms in total. The summed E-state index contributed by atoms with van der Waals surface area (Å²) in [5.41, 5.74) is 5.00. The van der Waals surface area contributed by atoms with Crippen molar-refractivity contribution in [1.82, 2.24) is 21.3 Å². The van der Waals surface area contributed by atoms with E-state index in [1.54, 1.807) is 16.7 Å². The fourth-order valence-corrected chi connectivity index (χ4v) is 10.2. The highest BCUT2D eigenvalue weighted by Gasteiger charge is 2.49. The van der Waals surface area contributed by atoms with Crippen LogP contribution in [0.4, 0.5) is 0 Å². The van der Waals surface area contributed by atoms with E-state index in [1.807, 2.05) is 0 Å². The van der Waals surface area contributed by atoms with Crippen molar-refractivity contribution in [2.45, 2.75) is 109 Å². The van der Waals surface area contributed by atoms with Gasteiger partial charge in [-0.15, -0.1) is 9.24 Å². The third-order valence-corrected chi connectivity index (χ3v) is 12.5. The first-order valence-corrected chi connectivity index (χ1v) is 15.2. The van der Waals surface area contributed by atoms with Gasteiger partial charge in [-0.25, -0.2) is 0 Å². The largest absolute Gasteiger partial charge is 0.301 e. The molecule has 1 aliphatic carbocycles. The summed E-state index contributed by atoms with van der Waals surface area (Å²) in [7, 11) is 3.16. The first-order chi connectivity index (χ1) is 15.1. The Balaban J connectivity index is 2.11. The smallest absolute Gasteiger partial charge is 0.0732 e. The van der Waals surface area contributed by atoms with Crippen LogP contribution in [-0.4, -0.2) is 60.1 Å². The molecule has 2 aliphatic heterocycles. The van der Waals surface area contributed by atoms with Crippen LogP contribution >= 0.6 is 17.2 Å². The van der Waals surface area contributed by atoms with Gasteiger partial charge in [0.25, 0.3) is 0 Å². The van der Waals surface area contributed by atoms with E-state index in [0.717, 1.165) is 32.6 Å². The molecule has 2 heterocycles. The highest BCUT2D eigenvalue weighted by molar-refractivity contribution is 7.61. The SMILES string of the molecule is CC(C)(C)C1=CC(CP(C(C)(C)C)C(C)(C)C)=C(C(P)(C2NCCCN2)C2NCCCN2)C1. The summed E-state index contributed by atoms with van der Waals surface area (Å²) in [5, 5.41) is 15.9. The summed E-state index contributed by atoms with van der Waals surface area (Å²) in [6.07, 6.45) is 7.76. The Kier molecular flexibility index (Phi) is 8.64. The molecule has 3 aliphatic rings. The Labute approximate surface area is 208 Å². The predicted octanol–water partition coefficient (Wildman–Crippen LogP) is 5.17. The Morgan fingerprint density at radius 3 is 1.58 bits per heavy atom. The molecule has 1 atom stereocenters. The van der Waals surface area contributed by atoms with Crippen LogP contribution in [0.1, 0.15) is 81.6 Å². The van der Waals surface area contributed by atoms with E-state index >= 15 is 0 Å². The van der Waals surface area contributed by atoms with Crippen molar-refractivity contribution in [2.75, 3.05) is 32.3 Å². The van der Waals surface area contributed by atoms with Crippen LogP contribution in [0.3, 0.4) is 0 Å². The number of allylic oxidation sites excluding steroid dienone is 3. The van der Waals surface area contributed by atoms with Crippen LogP contribution in [0, 0.1) is 5.41 Å². The topological polar surface area (TPSA) is 48.1 Å². The van der Waals surface area contributed by atoms with E-state index in [4.69, 9.17) is 0 Å². The van der Waals surface area contributed by atoms with Gasteiger partial charge in [-0.2, -0.15) is 0 Å². The second-order valence-electron chi connectivity index (χ2n) is 13.4. The molecule has 0 aromatic heterocycles.